The molecule has 116 valence electrons. The molecule has 0 unspecified atom stereocenters. The van der Waals surface area contributed by atoms with Crippen molar-refractivity contribution in [2.24, 2.45) is 0 Å². The van der Waals surface area contributed by atoms with E-state index in [0.717, 1.165) is 5.56 Å². The molecule has 6 nitrogen and oxygen atoms in total. The van der Waals surface area contributed by atoms with Crippen molar-refractivity contribution in [1.82, 2.24) is 9.55 Å². The maximum Gasteiger partial charge on any atom is 0.340 e. The van der Waals surface area contributed by atoms with Crippen molar-refractivity contribution in [3.8, 4) is 5.82 Å². The molecule has 0 bridgehead atoms. The highest BCUT2D eigenvalue weighted by Gasteiger charge is 2.22. The van der Waals surface area contributed by atoms with Gasteiger partial charge in [0.2, 0.25) is 0 Å². The average molecular weight is 302 g/mol. The largest absolute Gasteiger partial charge is 0.462 e. The first-order chi connectivity index (χ1) is 10.6. The van der Waals surface area contributed by atoms with E-state index in [9.17, 15) is 9.59 Å². The van der Waals surface area contributed by atoms with E-state index in [1.165, 1.54) is 12.4 Å². The van der Waals surface area contributed by atoms with Gasteiger partial charge in [-0.2, -0.15) is 0 Å². The number of pyridine rings is 1. The first-order valence-electron chi connectivity index (χ1n) is 7.06. The van der Waals surface area contributed by atoms with Crippen LogP contribution in [0.4, 0.5) is 0 Å². The number of aryl methyl sites for hydroxylation is 1. The molecule has 6 heteroatoms. The monoisotopic (exact) mass is 302 g/mol. The van der Waals surface area contributed by atoms with Gasteiger partial charge in [0.25, 0.3) is 0 Å². The van der Waals surface area contributed by atoms with Crippen molar-refractivity contribution in [3.63, 3.8) is 0 Å². The molecule has 0 aliphatic heterocycles. The Bertz CT molecular complexity index is 656. The fourth-order valence-electron chi connectivity index (χ4n) is 1.99. The number of ether oxygens (including phenoxy) is 2. The number of hydrogen-bond acceptors (Lipinski definition) is 5. The average Bonchev–Trinajstić information content (AvgIpc) is 2.93. The lowest BCUT2D eigenvalue weighted by Crippen LogP contribution is -2.11. The zero-order valence-electron chi connectivity index (χ0n) is 12.8. The molecule has 0 aliphatic carbocycles. The van der Waals surface area contributed by atoms with Gasteiger partial charge in [0.15, 0.2) is 0 Å². The van der Waals surface area contributed by atoms with E-state index in [2.05, 4.69) is 4.98 Å². The second kappa shape index (κ2) is 6.89. The van der Waals surface area contributed by atoms with Crippen molar-refractivity contribution in [2.45, 2.75) is 20.8 Å². The van der Waals surface area contributed by atoms with Crippen LogP contribution in [-0.2, 0) is 9.47 Å². The second-order valence-electron chi connectivity index (χ2n) is 4.63. The molecule has 0 spiro atoms. The quantitative estimate of drug-likeness (QED) is 0.794. The SMILES string of the molecule is CCOC(=O)c1cn(-c2cc(C)ccn2)cc1C(=O)OCC. The number of hydrogen-bond donors (Lipinski definition) is 0. The molecular weight excluding hydrogens is 284 g/mol. The highest BCUT2D eigenvalue weighted by atomic mass is 16.5. The van der Waals surface area contributed by atoms with Crippen LogP contribution in [0.1, 0.15) is 40.1 Å². The van der Waals surface area contributed by atoms with Crippen molar-refractivity contribution >= 4 is 11.9 Å². The van der Waals surface area contributed by atoms with Gasteiger partial charge in [-0.05, 0) is 38.5 Å². The molecule has 0 saturated carbocycles. The van der Waals surface area contributed by atoms with Gasteiger partial charge in [0.1, 0.15) is 5.82 Å². The Balaban J connectivity index is 2.47. The van der Waals surface area contributed by atoms with E-state index in [1.807, 2.05) is 19.1 Å². The fraction of sp³-hybridized carbons (Fsp3) is 0.312. The Morgan fingerprint density at radius 3 is 2.09 bits per heavy atom. The van der Waals surface area contributed by atoms with Crippen LogP contribution >= 0.6 is 0 Å². The molecule has 0 radical (unpaired) electrons. The summed E-state index contributed by atoms with van der Waals surface area (Å²) in [6.07, 6.45) is 4.73. The number of carbonyl (C=O) groups excluding carboxylic acids is 2. The molecule has 0 atom stereocenters. The van der Waals surface area contributed by atoms with E-state index in [-0.39, 0.29) is 24.3 Å². The maximum absolute atomic E-state index is 12.0. The topological polar surface area (TPSA) is 70.4 Å². The Morgan fingerprint density at radius 1 is 1.09 bits per heavy atom. The van der Waals surface area contributed by atoms with E-state index in [0.29, 0.717) is 5.82 Å². The van der Waals surface area contributed by atoms with Gasteiger partial charge in [-0.3, -0.25) is 0 Å². The summed E-state index contributed by atoms with van der Waals surface area (Å²) in [7, 11) is 0. The molecule has 22 heavy (non-hydrogen) atoms. The molecule has 0 saturated heterocycles. The summed E-state index contributed by atoms with van der Waals surface area (Å²) >= 11 is 0. The predicted molar refractivity (Wildman–Crippen MR) is 80.2 cm³/mol. The minimum absolute atomic E-state index is 0.170. The molecule has 0 aliphatic rings. The zero-order chi connectivity index (χ0) is 16.1. The highest BCUT2D eigenvalue weighted by Crippen LogP contribution is 2.18. The molecule has 2 heterocycles. The van der Waals surface area contributed by atoms with Crippen LogP contribution in [0.2, 0.25) is 0 Å². The summed E-state index contributed by atoms with van der Waals surface area (Å²) in [4.78, 5) is 28.3. The van der Waals surface area contributed by atoms with Crippen LogP contribution < -0.4 is 0 Å². The van der Waals surface area contributed by atoms with E-state index in [4.69, 9.17) is 9.47 Å². The summed E-state index contributed by atoms with van der Waals surface area (Å²) in [5.41, 5.74) is 1.36. The van der Waals surface area contributed by atoms with Crippen LogP contribution in [0.25, 0.3) is 5.82 Å². The lowest BCUT2D eigenvalue weighted by molar-refractivity contribution is 0.0480. The third-order valence-corrected chi connectivity index (χ3v) is 2.98. The molecule has 2 aromatic heterocycles. The van der Waals surface area contributed by atoms with Gasteiger partial charge < -0.3 is 14.0 Å². The molecular formula is C16H18N2O4. The Hall–Kier alpha value is -2.63. The minimum Gasteiger partial charge on any atom is -0.462 e. The predicted octanol–water partition coefficient (Wildman–Crippen LogP) is 2.53. The van der Waals surface area contributed by atoms with Crippen molar-refractivity contribution < 1.29 is 19.1 Å². The highest BCUT2D eigenvalue weighted by molar-refractivity contribution is 6.03. The zero-order valence-corrected chi connectivity index (χ0v) is 12.8. The first kappa shape index (κ1) is 15.8. The fourth-order valence-corrected chi connectivity index (χ4v) is 1.99. The number of aromatic nitrogens is 2. The number of rotatable bonds is 5. The van der Waals surface area contributed by atoms with E-state index >= 15 is 0 Å². The summed E-state index contributed by atoms with van der Waals surface area (Å²) < 4.78 is 11.6. The Kier molecular flexibility index (Phi) is 4.93. The van der Waals surface area contributed by atoms with Crippen molar-refractivity contribution in [1.29, 1.82) is 0 Å². The molecule has 0 amide bonds. The molecule has 2 aromatic rings. The van der Waals surface area contributed by atoms with E-state index in [1.54, 1.807) is 24.6 Å². The normalized spacial score (nSPS) is 10.3. The van der Waals surface area contributed by atoms with Crippen LogP contribution in [0.5, 0.6) is 0 Å². The number of carbonyl (C=O) groups is 2. The van der Waals surface area contributed by atoms with Crippen molar-refractivity contribution in [2.75, 3.05) is 13.2 Å². The molecule has 0 N–H and O–H groups in total. The summed E-state index contributed by atoms with van der Waals surface area (Å²) in [5, 5.41) is 0. The number of esters is 2. The maximum atomic E-state index is 12.0. The minimum atomic E-state index is -0.558. The third-order valence-electron chi connectivity index (χ3n) is 2.98. The van der Waals surface area contributed by atoms with Crippen LogP contribution in [0.3, 0.4) is 0 Å². The summed E-state index contributed by atoms with van der Waals surface area (Å²) in [5.74, 6) is -0.505. The lowest BCUT2D eigenvalue weighted by atomic mass is 10.2. The van der Waals surface area contributed by atoms with E-state index < -0.39 is 11.9 Å². The Labute approximate surface area is 128 Å². The number of nitrogens with zero attached hydrogens (tertiary/aromatic N) is 2. The van der Waals surface area contributed by atoms with Gasteiger partial charge in [0.05, 0.1) is 24.3 Å². The standard InChI is InChI=1S/C16H18N2O4/c1-4-21-15(19)12-9-18(10-13(12)16(20)22-5-2)14-8-11(3)6-7-17-14/h6-10H,4-5H2,1-3H3. The van der Waals surface area contributed by atoms with Crippen molar-refractivity contribution in [3.05, 3.63) is 47.4 Å². The van der Waals surface area contributed by atoms with Gasteiger partial charge in [-0.25, -0.2) is 14.6 Å². The summed E-state index contributed by atoms with van der Waals surface area (Å²) in [6.45, 7) is 5.82. The molecule has 2 rings (SSSR count). The van der Waals surface area contributed by atoms with Crippen LogP contribution in [0, 0.1) is 6.92 Å². The van der Waals surface area contributed by atoms with Gasteiger partial charge in [0, 0.05) is 18.6 Å². The second-order valence-corrected chi connectivity index (χ2v) is 4.63. The smallest absolute Gasteiger partial charge is 0.340 e. The Morgan fingerprint density at radius 2 is 1.64 bits per heavy atom. The lowest BCUT2D eigenvalue weighted by Gasteiger charge is -2.02. The van der Waals surface area contributed by atoms with Gasteiger partial charge in [-0.15, -0.1) is 0 Å². The first-order valence-corrected chi connectivity index (χ1v) is 7.06. The van der Waals surface area contributed by atoms with Gasteiger partial charge >= 0.3 is 11.9 Å². The van der Waals surface area contributed by atoms with Crippen LogP contribution in [0.15, 0.2) is 30.7 Å². The summed E-state index contributed by atoms with van der Waals surface area (Å²) in [6, 6.07) is 3.72. The van der Waals surface area contributed by atoms with Gasteiger partial charge in [-0.1, -0.05) is 0 Å². The molecule has 0 aromatic carbocycles. The third kappa shape index (κ3) is 3.33. The molecule has 0 fully saturated rings. The van der Waals surface area contributed by atoms with Crippen LogP contribution in [-0.4, -0.2) is 34.7 Å².